The lowest BCUT2D eigenvalue weighted by molar-refractivity contribution is 0.0472. The summed E-state index contributed by atoms with van der Waals surface area (Å²) in [4.78, 5) is 36.2. The van der Waals surface area contributed by atoms with E-state index in [1.807, 2.05) is 0 Å². The number of thiophene rings is 1. The first-order valence-electron chi connectivity index (χ1n) is 10.2. The molecule has 0 saturated heterocycles. The number of carbonyl (C=O) groups is 3. The molecule has 0 unspecified atom stereocenters. The molecule has 0 saturated carbocycles. The maximum absolute atomic E-state index is 12.2. The first-order valence-corrected chi connectivity index (χ1v) is 11.0. The van der Waals surface area contributed by atoms with E-state index < -0.39 is 5.91 Å². The number of nitrogens with two attached hydrogens (primary N) is 1. The van der Waals surface area contributed by atoms with Gasteiger partial charge in [0.05, 0.1) is 29.6 Å². The fourth-order valence-electron chi connectivity index (χ4n) is 2.54. The Bertz CT molecular complexity index is 851. The Morgan fingerprint density at radius 3 is 2.19 bits per heavy atom. The van der Waals surface area contributed by atoms with Gasteiger partial charge in [0.15, 0.2) is 0 Å². The number of amides is 3. The topological polar surface area (TPSA) is 120 Å². The lowest BCUT2D eigenvalue weighted by Gasteiger charge is -2.08. The Kier molecular flexibility index (Phi) is 10.7. The van der Waals surface area contributed by atoms with Crippen LogP contribution in [-0.4, -0.2) is 50.7 Å². The normalized spacial score (nSPS) is 10.6. The minimum atomic E-state index is -0.555. The number of hydrogen-bond acceptors (Lipinski definition) is 6. The van der Waals surface area contributed by atoms with Crippen LogP contribution < -0.4 is 16.4 Å². The largest absolute Gasteiger partial charge is 0.379 e. The number of benzene rings is 1. The van der Waals surface area contributed by atoms with Crippen LogP contribution in [0.4, 0.5) is 0 Å². The summed E-state index contributed by atoms with van der Waals surface area (Å²) in [5.74, 6) is -1.02. The molecular formula is C22H29N3O5S. The zero-order chi connectivity index (χ0) is 22.5. The Balaban J connectivity index is 1.65. The molecule has 9 heteroatoms. The fourth-order valence-corrected chi connectivity index (χ4v) is 3.32. The quantitative estimate of drug-likeness (QED) is 0.384. The number of ether oxygens (including phenoxy) is 2. The van der Waals surface area contributed by atoms with E-state index in [1.165, 1.54) is 6.07 Å². The highest BCUT2D eigenvalue weighted by atomic mass is 32.1. The molecule has 0 aliphatic carbocycles. The average molecular weight is 448 g/mol. The van der Waals surface area contributed by atoms with Gasteiger partial charge in [-0.1, -0.05) is 25.5 Å². The van der Waals surface area contributed by atoms with Crippen LogP contribution in [-0.2, 0) is 16.0 Å². The third kappa shape index (κ3) is 8.87. The molecule has 1 aromatic carbocycles. The maximum Gasteiger partial charge on any atom is 0.261 e. The molecule has 1 heterocycles. The monoisotopic (exact) mass is 447 g/mol. The molecule has 2 rings (SSSR count). The highest BCUT2D eigenvalue weighted by Crippen LogP contribution is 2.16. The predicted molar refractivity (Wildman–Crippen MR) is 119 cm³/mol. The summed E-state index contributed by atoms with van der Waals surface area (Å²) in [5, 5.41) is 5.58. The molecule has 31 heavy (non-hydrogen) atoms. The van der Waals surface area contributed by atoms with Gasteiger partial charge in [-0.15, -0.1) is 11.3 Å². The number of carbonyl (C=O) groups excluding carboxylic acids is 3. The number of unbranched alkanes of at least 4 members (excludes halogenated alkanes) is 1. The zero-order valence-corrected chi connectivity index (χ0v) is 18.5. The van der Waals surface area contributed by atoms with Crippen LogP contribution in [0.25, 0.3) is 0 Å². The Labute approximate surface area is 186 Å². The van der Waals surface area contributed by atoms with Crippen molar-refractivity contribution in [3.63, 3.8) is 0 Å². The van der Waals surface area contributed by atoms with E-state index in [0.29, 0.717) is 48.2 Å². The molecule has 0 aliphatic heterocycles. The Hall–Kier alpha value is -2.75. The molecule has 4 N–H and O–H groups in total. The van der Waals surface area contributed by atoms with Crippen LogP contribution in [0.2, 0.25) is 0 Å². The third-order valence-electron chi connectivity index (χ3n) is 4.29. The van der Waals surface area contributed by atoms with Crippen LogP contribution in [0.3, 0.4) is 0 Å². The highest BCUT2D eigenvalue weighted by molar-refractivity contribution is 7.15. The minimum absolute atomic E-state index is 0.184. The van der Waals surface area contributed by atoms with Gasteiger partial charge in [-0.2, -0.15) is 0 Å². The molecule has 3 amide bonds. The summed E-state index contributed by atoms with van der Waals surface area (Å²) < 4.78 is 10.8. The highest BCUT2D eigenvalue weighted by Gasteiger charge is 2.12. The number of rotatable bonds is 14. The molecule has 2 aromatic rings. The van der Waals surface area contributed by atoms with Gasteiger partial charge in [-0.25, -0.2) is 0 Å². The van der Waals surface area contributed by atoms with E-state index in [2.05, 4.69) is 17.6 Å². The van der Waals surface area contributed by atoms with Crippen molar-refractivity contribution >= 4 is 29.1 Å². The molecule has 0 aliphatic rings. The Morgan fingerprint density at radius 2 is 1.55 bits per heavy atom. The first-order chi connectivity index (χ1) is 15.0. The summed E-state index contributed by atoms with van der Waals surface area (Å²) in [6, 6.07) is 10.1. The minimum Gasteiger partial charge on any atom is -0.379 e. The number of nitrogens with one attached hydrogen (secondary N) is 2. The van der Waals surface area contributed by atoms with Gasteiger partial charge >= 0.3 is 0 Å². The summed E-state index contributed by atoms with van der Waals surface area (Å²) >= 11 is 1.05. The van der Waals surface area contributed by atoms with Crippen LogP contribution in [0.1, 0.15) is 55.0 Å². The second kappa shape index (κ2) is 13.5. The van der Waals surface area contributed by atoms with Gasteiger partial charge in [-0.3, -0.25) is 14.4 Å². The van der Waals surface area contributed by atoms with Gasteiger partial charge in [0.1, 0.15) is 0 Å². The maximum atomic E-state index is 12.2. The van der Waals surface area contributed by atoms with Crippen molar-refractivity contribution < 1.29 is 23.9 Å². The van der Waals surface area contributed by atoms with Gasteiger partial charge < -0.3 is 25.8 Å². The van der Waals surface area contributed by atoms with Gasteiger partial charge in [-0.05, 0) is 36.2 Å². The molecule has 0 atom stereocenters. The van der Waals surface area contributed by atoms with E-state index in [4.69, 9.17) is 15.2 Å². The first kappa shape index (κ1) is 24.5. The number of hydrogen-bond donors (Lipinski definition) is 3. The third-order valence-corrected chi connectivity index (χ3v) is 5.39. The van der Waals surface area contributed by atoms with Crippen molar-refractivity contribution in [1.82, 2.24) is 10.6 Å². The van der Waals surface area contributed by atoms with Crippen molar-refractivity contribution in [3.05, 3.63) is 57.3 Å². The van der Waals surface area contributed by atoms with Crippen molar-refractivity contribution in [2.24, 2.45) is 5.73 Å². The van der Waals surface area contributed by atoms with E-state index in [9.17, 15) is 14.4 Å². The van der Waals surface area contributed by atoms with Gasteiger partial charge in [0.25, 0.3) is 17.7 Å². The van der Waals surface area contributed by atoms with Gasteiger partial charge in [0, 0.05) is 25.3 Å². The van der Waals surface area contributed by atoms with E-state index in [1.54, 1.807) is 30.3 Å². The standard InChI is InChI=1S/C22H29N3O5S/c1-2-3-11-29-13-14-30-12-10-24-21(27)17-6-4-16(5-7-17)15-25-22(28)19-9-8-18(31-19)20(23)26/h4-9H,2-3,10-15H2,1H3,(H2,23,26)(H,24,27)(H,25,28). The lowest BCUT2D eigenvalue weighted by Crippen LogP contribution is -2.27. The van der Waals surface area contributed by atoms with Crippen molar-refractivity contribution in [2.45, 2.75) is 26.3 Å². The summed E-state index contributed by atoms with van der Waals surface area (Å²) in [7, 11) is 0. The average Bonchev–Trinajstić information content (AvgIpc) is 3.27. The summed E-state index contributed by atoms with van der Waals surface area (Å²) in [6.07, 6.45) is 2.16. The SMILES string of the molecule is CCCCOCCOCCNC(=O)c1ccc(CNC(=O)c2ccc(C(N)=O)s2)cc1. The number of primary amides is 1. The van der Waals surface area contributed by atoms with Crippen LogP contribution in [0.5, 0.6) is 0 Å². The second-order valence-corrected chi connectivity index (χ2v) is 7.83. The van der Waals surface area contributed by atoms with Crippen molar-refractivity contribution in [1.29, 1.82) is 0 Å². The Morgan fingerprint density at radius 1 is 0.871 bits per heavy atom. The summed E-state index contributed by atoms with van der Waals surface area (Å²) in [6.45, 7) is 5.08. The predicted octanol–water partition coefficient (Wildman–Crippen LogP) is 2.34. The lowest BCUT2D eigenvalue weighted by atomic mass is 10.1. The van der Waals surface area contributed by atoms with E-state index in [-0.39, 0.29) is 11.8 Å². The molecule has 0 fully saturated rings. The smallest absolute Gasteiger partial charge is 0.261 e. The van der Waals surface area contributed by atoms with Crippen molar-refractivity contribution in [2.75, 3.05) is 33.0 Å². The van der Waals surface area contributed by atoms with E-state index in [0.717, 1.165) is 36.3 Å². The van der Waals surface area contributed by atoms with Crippen LogP contribution in [0.15, 0.2) is 36.4 Å². The molecule has 0 radical (unpaired) electrons. The van der Waals surface area contributed by atoms with Gasteiger partial charge in [0.2, 0.25) is 0 Å². The zero-order valence-electron chi connectivity index (χ0n) is 17.6. The second-order valence-electron chi connectivity index (χ2n) is 6.74. The molecule has 8 nitrogen and oxygen atoms in total. The van der Waals surface area contributed by atoms with E-state index >= 15 is 0 Å². The van der Waals surface area contributed by atoms with Crippen LogP contribution in [0, 0.1) is 0 Å². The fraction of sp³-hybridized carbons (Fsp3) is 0.409. The molecule has 0 spiro atoms. The van der Waals surface area contributed by atoms with Crippen LogP contribution >= 0.6 is 11.3 Å². The molecule has 0 bridgehead atoms. The molecular weight excluding hydrogens is 418 g/mol. The summed E-state index contributed by atoms with van der Waals surface area (Å²) in [5.41, 5.74) is 6.58. The molecule has 168 valence electrons. The van der Waals surface area contributed by atoms with Crippen molar-refractivity contribution in [3.8, 4) is 0 Å². The molecule has 1 aromatic heterocycles.